The van der Waals surface area contributed by atoms with Gasteiger partial charge in [-0.25, -0.2) is 9.78 Å². The minimum atomic E-state index is -0.366. The van der Waals surface area contributed by atoms with Gasteiger partial charge in [0, 0.05) is 44.5 Å². The molecule has 3 rings (SSSR count). The van der Waals surface area contributed by atoms with E-state index in [1.54, 1.807) is 36.0 Å². The van der Waals surface area contributed by atoms with E-state index in [1.165, 1.54) is 6.33 Å². The predicted octanol–water partition coefficient (Wildman–Crippen LogP) is 1.09. The fourth-order valence-electron chi connectivity index (χ4n) is 3.05. The summed E-state index contributed by atoms with van der Waals surface area (Å²) in [7, 11) is 3.82. The summed E-state index contributed by atoms with van der Waals surface area (Å²) in [4.78, 5) is 33.1. The molecule has 27 heavy (non-hydrogen) atoms. The molecule has 9 nitrogen and oxygen atoms in total. The van der Waals surface area contributed by atoms with Crippen LogP contribution in [0.5, 0.6) is 0 Å². The lowest BCUT2D eigenvalue weighted by molar-refractivity contribution is 0.0664. The van der Waals surface area contributed by atoms with E-state index in [9.17, 15) is 9.59 Å². The van der Waals surface area contributed by atoms with Crippen molar-refractivity contribution in [2.24, 2.45) is 7.05 Å². The molecule has 0 aliphatic carbocycles. The minimum Gasteiger partial charge on any atom is -0.336 e. The van der Waals surface area contributed by atoms with Gasteiger partial charge in [-0.1, -0.05) is 6.07 Å². The van der Waals surface area contributed by atoms with Crippen LogP contribution in [-0.4, -0.2) is 69.7 Å². The number of hydrogen-bond donors (Lipinski definition) is 2. The molecule has 0 radical (unpaired) electrons. The molecule has 0 bridgehead atoms. The number of benzene rings is 1. The standard InChI is InChI=1S/C18H25N7O2/c1-13(16-19-12-20-24(16)3)21-18(27)22-15-6-4-5-14(11-15)17(26)25-9-7-23(2)8-10-25/h4-6,11-13H,7-10H2,1-3H3,(H2,21,22,27)/t13-/m1/s1. The SMILES string of the molecule is C[C@@H](NC(=O)Nc1cccc(C(=O)N2CCN(C)CC2)c1)c1ncnn1C. The fourth-order valence-corrected chi connectivity index (χ4v) is 3.05. The van der Waals surface area contributed by atoms with Crippen LogP contribution in [0.25, 0.3) is 0 Å². The normalized spacial score (nSPS) is 16.0. The quantitative estimate of drug-likeness (QED) is 0.839. The highest BCUT2D eigenvalue weighted by atomic mass is 16.2. The molecule has 144 valence electrons. The van der Waals surface area contributed by atoms with Crippen LogP contribution in [0.3, 0.4) is 0 Å². The molecule has 2 N–H and O–H groups in total. The number of carbonyl (C=O) groups excluding carboxylic acids is 2. The first-order valence-electron chi connectivity index (χ1n) is 8.93. The Balaban J connectivity index is 1.61. The summed E-state index contributed by atoms with van der Waals surface area (Å²) in [6.07, 6.45) is 1.44. The van der Waals surface area contributed by atoms with E-state index in [4.69, 9.17) is 0 Å². The van der Waals surface area contributed by atoms with Crippen LogP contribution in [0.1, 0.15) is 29.1 Å². The van der Waals surface area contributed by atoms with E-state index >= 15 is 0 Å². The summed E-state index contributed by atoms with van der Waals surface area (Å²) in [6, 6.07) is 6.33. The van der Waals surface area contributed by atoms with Crippen LogP contribution in [-0.2, 0) is 7.05 Å². The Kier molecular flexibility index (Phi) is 5.70. The number of likely N-dealkylation sites (N-methyl/N-ethyl adjacent to an activating group) is 1. The second-order valence-electron chi connectivity index (χ2n) is 6.74. The molecule has 1 aliphatic rings. The number of urea groups is 1. The zero-order valence-electron chi connectivity index (χ0n) is 15.8. The zero-order valence-corrected chi connectivity index (χ0v) is 15.8. The molecule has 1 fully saturated rings. The van der Waals surface area contributed by atoms with Gasteiger partial charge in [-0.2, -0.15) is 5.10 Å². The molecule has 0 unspecified atom stereocenters. The van der Waals surface area contributed by atoms with Crippen LogP contribution in [0.4, 0.5) is 10.5 Å². The molecule has 9 heteroatoms. The lowest BCUT2D eigenvalue weighted by Gasteiger charge is -2.32. The van der Waals surface area contributed by atoms with Crippen LogP contribution in [0.15, 0.2) is 30.6 Å². The van der Waals surface area contributed by atoms with E-state index < -0.39 is 0 Å². The van der Waals surface area contributed by atoms with Crippen LogP contribution >= 0.6 is 0 Å². The largest absolute Gasteiger partial charge is 0.336 e. The Morgan fingerprint density at radius 3 is 2.56 bits per heavy atom. The van der Waals surface area contributed by atoms with E-state index in [0.29, 0.717) is 30.2 Å². The van der Waals surface area contributed by atoms with Gasteiger partial charge in [0.05, 0.1) is 6.04 Å². The van der Waals surface area contributed by atoms with E-state index in [0.717, 1.165) is 13.1 Å². The summed E-state index contributed by atoms with van der Waals surface area (Å²) < 4.78 is 1.61. The van der Waals surface area contributed by atoms with Crippen molar-refractivity contribution in [1.29, 1.82) is 0 Å². The second-order valence-corrected chi connectivity index (χ2v) is 6.74. The zero-order chi connectivity index (χ0) is 19.4. The highest BCUT2D eigenvalue weighted by Crippen LogP contribution is 2.15. The van der Waals surface area contributed by atoms with Crippen molar-refractivity contribution in [3.63, 3.8) is 0 Å². The van der Waals surface area contributed by atoms with Gasteiger partial charge < -0.3 is 20.4 Å². The van der Waals surface area contributed by atoms with Gasteiger partial charge in [-0.15, -0.1) is 0 Å². The smallest absolute Gasteiger partial charge is 0.319 e. The van der Waals surface area contributed by atoms with Crippen molar-refractivity contribution in [2.45, 2.75) is 13.0 Å². The average molecular weight is 371 g/mol. The Labute approximate surface area is 158 Å². The number of rotatable bonds is 4. The first kappa shape index (κ1) is 18.8. The first-order chi connectivity index (χ1) is 12.9. The highest BCUT2D eigenvalue weighted by molar-refractivity contribution is 5.97. The number of hydrogen-bond acceptors (Lipinski definition) is 5. The van der Waals surface area contributed by atoms with Crippen LogP contribution in [0, 0.1) is 0 Å². The highest BCUT2D eigenvalue weighted by Gasteiger charge is 2.21. The maximum atomic E-state index is 12.7. The van der Waals surface area contributed by atoms with Gasteiger partial charge in [0.2, 0.25) is 0 Å². The summed E-state index contributed by atoms with van der Waals surface area (Å²) in [5.41, 5.74) is 1.14. The number of piperazine rings is 1. The lowest BCUT2D eigenvalue weighted by atomic mass is 10.1. The molecule has 1 aromatic heterocycles. The molecule has 0 saturated carbocycles. The van der Waals surface area contributed by atoms with Crippen molar-refractivity contribution in [1.82, 2.24) is 29.9 Å². The summed E-state index contributed by atoms with van der Waals surface area (Å²) in [5, 5.41) is 9.59. The summed E-state index contributed by atoms with van der Waals surface area (Å²) >= 11 is 0. The van der Waals surface area contributed by atoms with Gasteiger partial charge in [0.15, 0.2) is 0 Å². The summed E-state index contributed by atoms with van der Waals surface area (Å²) in [5.74, 6) is 0.642. The van der Waals surface area contributed by atoms with E-state index in [1.807, 2.05) is 18.9 Å². The molecule has 1 aliphatic heterocycles. The molecule has 1 atom stereocenters. The molecular weight excluding hydrogens is 346 g/mol. The molecule has 2 heterocycles. The van der Waals surface area contributed by atoms with Gasteiger partial charge in [-0.3, -0.25) is 9.48 Å². The third-order valence-electron chi connectivity index (χ3n) is 4.64. The lowest BCUT2D eigenvalue weighted by Crippen LogP contribution is -2.47. The first-order valence-corrected chi connectivity index (χ1v) is 8.93. The number of nitrogens with one attached hydrogen (secondary N) is 2. The number of anilines is 1. The van der Waals surface area contributed by atoms with Crippen molar-refractivity contribution >= 4 is 17.6 Å². The van der Waals surface area contributed by atoms with Gasteiger partial charge in [0.25, 0.3) is 5.91 Å². The number of amides is 3. The van der Waals surface area contributed by atoms with Gasteiger partial charge >= 0.3 is 6.03 Å². The molecule has 1 aromatic carbocycles. The van der Waals surface area contributed by atoms with E-state index in [-0.39, 0.29) is 18.0 Å². The third kappa shape index (κ3) is 4.62. The average Bonchev–Trinajstić information content (AvgIpc) is 3.08. The number of aryl methyl sites for hydroxylation is 1. The molecule has 0 spiro atoms. The third-order valence-corrected chi connectivity index (χ3v) is 4.64. The van der Waals surface area contributed by atoms with Crippen molar-refractivity contribution in [3.05, 3.63) is 42.0 Å². The van der Waals surface area contributed by atoms with Crippen molar-refractivity contribution < 1.29 is 9.59 Å². The Bertz CT molecular complexity index is 812. The predicted molar refractivity (Wildman–Crippen MR) is 101 cm³/mol. The maximum absolute atomic E-state index is 12.7. The van der Waals surface area contributed by atoms with Gasteiger partial charge in [0.1, 0.15) is 12.2 Å². The second kappa shape index (κ2) is 8.17. The molecule has 1 saturated heterocycles. The van der Waals surface area contributed by atoms with Crippen LogP contribution in [0.2, 0.25) is 0 Å². The Hall–Kier alpha value is -2.94. The minimum absolute atomic E-state index is 0.0142. The van der Waals surface area contributed by atoms with Crippen molar-refractivity contribution in [3.8, 4) is 0 Å². The fraction of sp³-hybridized carbons (Fsp3) is 0.444. The summed E-state index contributed by atoms with van der Waals surface area (Å²) in [6.45, 7) is 4.99. The van der Waals surface area contributed by atoms with E-state index in [2.05, 4.69) is 25.6 Å². The molecule has 3 amide bonds. The Morgan fingerprint density at radius 1 is 1.15 bits per heavy atom. The van der Waals surface area contributed by atoms with Crippen LogP contribution < -0.4 is 10.6 Å². The molecular formula is C18H25N7O2. The number of nitrogens with zero attached hydrogens (tertiary/aromatic N) is 5. The van der Waals surface area contributed by atoms with Crippen molar-refractivity contribution in [2.75, 3.05) is 38.5 Å². The maximum Gasteiger partial charge on any atom is 0.319 e. The topological polar surface area (TPSA) is 95.4 Å². The number of aromatic nitrogens is 3. The monoisotopic (exact) mass is 371 g/mol. The Morgan fingerprint density at radius 2 is 1.89 bits per heavy atom. The number of carbonyl (C=O) groups is 2. The van der Waals surface area contributed by atoms with Gasteiger partial charge in [-0.05, 0) is 32.2 Å². The molecule has 2 aromatic rings.